The molecule has 0 fully saturated rings. The third kappa shape index (κ3) is 1.66. The average Bonchev–Trinajstić information content (AvgIpc) is 2.59. The van der Waals surface area contributed by atoms with E-state index in [1.54, 1.807) is 23.1 Å². The minimum atomic E-state index is 0.849. The summed E-state index contributed by atoms with van der Waals surface area (Å²) in [6, 6.07) is 4.09. The van der Waals surface area contributed by atoms with Crippen LogP contribution < -0.4 is 5.73 Å². The first-order valence-electron chi connectivity index (χ1n) is 4.16. The number of nitrogens with two attached hydrogens (primary N) is 1. The summed E-state index contributed by atoms with van der Waals surface area (Å²) < 4.78 is 1.28. The lowest BCUT2D eigenvalue weighted by Crippen LogP contribution is -1.87. The van der Waals surface area contributed by atoms with E-state index in [0.29, 0.717) is 0 Å². The summed E-state index contributed by atoms with van der Waals surface area (Å²) >= 11 is 7.05. The quantitative estimate of drug-likeness (QED) is 0.511. The predicted octanol–water partition coefficient (Wildman–Crippen LogP) is 4.10. The van der Waals surface area contributed by atoms with Gasteiger partial charge in [0.25, 0.3) is 0 Å². The van der Waals surface area contributed by atoms with Crippen LogP contribution in [0.3, 0.4) is 0 Å². The van der Waals surface area contributed by atoms with Crippen molar-refractivity contribution in [1.82, 2.24) is 0 Å². The van der Waals surface area contributed by atoms with Crippen LogP contribution >= 0.6 is 39.0 Å². The molecule has 74 valence electrons. The van der Waals surface area contributed by atoms with E-state index >= 15 is 0 Å². The van der Waals surface area contributed by atoms with Gasteiger partial charge in [0.05, 0.1) is 0 Å². The second kappa shape index (κ2) is 4.13. The lowest BCUT2D eigenvalue weighted by molar-refractivity contribution is 1.47. The molecule has 0 aliphatic rings. The summed E-state index contributed by atoms with van der Waals surface area (Å²) in [5, 5.41) is 4.41. The lowest BCUT2D eigenvalue weighted by Gasteiger charge is -2.03. The molecule has 0 saturated heterocycles. The first-order valence-corrected chi connectivity index (χ1v) is 7.38. The summed E-state index contributed by atoms with van der Waals surface area (Å²) in [5.41, 5.74) is 7.96. The van der Waals surface area contributed by atoms with E-state index in [2.05, 4.69) is 27.6 Å². The maximum atomic E-state index is 5.83. The van der Waals surface area contributed by atoms with Crippen molar-refractivity contribution in [2.45, 2.75) is 10.2 Å². The van der Waals surface area contributed by atoms with Gasteiger partial charge in [0.15, 0.2) is 0 Å². The Morgan fingerprint density at radius 3 is 2.93 bits per heavy atom. The second-order valence-corrected chi connectivity index (χ2v) is 5.31. The Labute approximate surface area is 99.8 Å². The standard InChI is InChI=1S/C10H10BrNS2/c1-13-9-5-14-8-3-7(12)2-6(4-11)10(8)9/h2-3,5H,4,12H2,1H3. The van der Waals surface area contributed by atoms with Gasteiger partial charge in [-0.1, -0.05) is 15.9 Å². The highest BCUT2D eigenvalue weighted by Crippen LogP contribution is 2.36. The molecule has 1 aromatic heterocycles. The average molecular weight is 288 g/mol. The number of anilines is 1. The monoisotopic (exact) mass is 287 g/mol. The van der Waals surface area contributed by atoms with E-state index in [1.807, 2.05) is 12.1 Å². The Hall–Kier alpha value is -0.190. The van der Waals surface area contributed by atoms with Crippen LogP contribution in [0, 0.1) is 0 Å². The number of hydrogen-bond donors (Lipinski definition) is 1. The SMILES string of the molecule is CSc1csc2cc(N)cc(CBr)c12. The summed E-state index contributed by atoms with van der Waals surface area (Å²) in [6.07, 6.45) is 2.11. The Balaban J connectivity index is 2.78. The maximum absolute atomic E-state index is 5.83. The Morgan fingerprint density at radius 1 is 1.50 bits per heavy atom. The molecule has 0 atom stereocenters. The summed E-state index contributed by atoms with van der Waals surface area (Å²) in [5.74, 6) is 0. The van der Waals surface area contributed by atoms with Crippen molar-refractivity contribution in [2.24, 2.45) is 0 Å². The van der Waals surface area contributed by atoms with Gasteiger partial charge in [0.1, 0.15) is 0 Å². The normalized spacial score (nSPS) is 11.0. The Kier molecular flexibility index (Phi) is 3.04. The van der Waals surface area contributed by atoms with Crippen LogP contribution in [0.2, 0.25) is 0 Å². The first kappa shape index (κ1) is 10.3. The van der Waals surface area contributed by atoms with Crippen molar-refractivity contribution in [3.05, 3.63) is 23.1 Å². The molecule has 2 N–H and O–H groups in total. The van der Waals surface area contributed by atoms with Gasteiger partial charge in [-0.05, 0) is 24.0 Å². The summed E-state index contributed by atoms with van der Waals surface area (Å²) in [6.45, 7) is 0. The predicted molar refractivity (Wildman–Crippen MR) is 70.6 cm³/mol. The van der Waals surface area contributed by atoms with Crippen LogP contribution in [0.15, 0.2) is 22.4 Å². The fourth-order valence-corrected chi connectivity index (χ4v) is 3.90. The van der Waals surface area contributed by atoms with Gasteiger partial charge in [0.2, 0.25) is 0 Å². The van der Waals surface area contributed by atoms with Gasteiger partial charge in [-0.15, -0.1) is 23.1 Å². The molecule has 2 aromatic rings. The molecule has 0 aliphatic carbocycles. The van der Waals surface area contributed by atoms with Gasteiger partial charge in [-0.3, -0.25) is 0 Å². The van der Waals surface area contributed by atoms with Gasteiger partial charge >= 0.3 is 0 Å². The van der Waals surface area contributed by atoms with E-state index in [4.69, 9.17) is 5.73 Å². The van der Waals surface area contributed by atoms with E-state index in [9.17, 15) is 0 Å². The number of hydrogen-bond acceptors (Lipinski definition) is 3. The van der Waals surface area contributed by atoms with Crippen molar-refractivity contribution < 1.29 is 0 Å². The third-order valence-corrected chi connectivity index (χ3v) is 4.55. The molecule has 0 amide bonds. The third-order valence-electron chi connectivity index (χ3n) is 2.11. The Bertz CT molecular complexity index is 464. The fraction of sp³-hybridized carbons (Fsp3) is 0.200. The topological polar surface area (TPSA) is 26.0 Å². The zero-order valence-electron chi connectivity index (χ0n) is 7.71. The highest BCUT2D eigenvalue weighted by atomic mass is 79.9. The summed E-state index contributed by atoms with van der Waals surface area (Å²) in [4.78, 5) is 1.35. The van der Waals surface area contributed by atoms with Crippen LogP contribution in [0.25, 0.3) is 10.1 Å². The highest BCUT2D eigenvalue weighted by Gasteiger charge is 2.08. The fourth-order valence-electron chi connectivity index (χ4n) is 1.50. The zero-order valence-corrected chi connectivity index (χ0v) is 10.9. The number of thioether (sulfide) groups is 1. The molecule has 0 aliphatic heterocycles. The van der Waals surface area contributed by atoms with Crippen molar-refractivity contribution >= 4 is 54.8 Å². The van der Waals surface area contributed by atoms with E-state index in [0.717, 1.165) is 11.0 Å². The highest BCUT2D eigenvalue weighted by molar-refractivity contribution is 9.08. The molecule has 2 rings (SSSR count). The van der Waals surface area contributed by atoms with Crippen molar-refractivity contribution in [3.8, 4) is 0 Å². The molecule has 1 aromatic carbocycles. The molecule has 4 heteroatoms. The lowest BCUT2D eigenvalue weighted by atomic mass is 10.1. The molecule has 0 spiro atoms. The molecule has 0 unspecified atom stereocenters. The van der Waals surface area contributed by atoms with Gasteiger partial charge in [0, 0.05) is 31.4 Å². The number of halogens is 1. The van der Waals surface area contributed by atoms with Gasteiger partial charge in [-0.2, -0.15) is 0 Å². The van der Waals surface area contributed by atoms with Crippen LogP contribution in [-0.4, -0.2) is 6.26 Å². The number of nitrogen functional groups attached to an aromatic ring is 1. The number of fused-ring (bicyclic) bond motifs is 1. The van der Waals surface area contributed by atoms with Gasteiger partial charge in [-0.25, -0.2) is 0 Å². The van der Waals surface area contributed by atoms with Crippen molar-refractivity contribution in [3.63, 3.8) is 0 Å². The first-order chi connectivity index (χ1) is 6.76. The van der Waals surface area contributed by atoms with E-state index in [-0.39, 0.29) is 0 Å². The van der Waals surface area contributed by atoms with Crippen LogP contribution in [-0.2, 0) is 5.33 Å². The molecule has 1 nitrogen and oxygen atoms in total. The largest absolute Gasteiger partial charge is 0.399 e. The van der Waals surface area contributed by atoms with Crippen LogP contribution in [0.1, 0.15) is 5.56 Å². The van der Waals surface area contributed by atoms with Crippen molar-refractivity contribution in [2.75, 3.05) is 12.0 Å². The van der Waals surface area contributed by atoms with Crippen molar-refractivity contribution in [1.29, 1.82) is 0 Å². The Morgan fingerprint density at radius 2 is 2.29 bits per heavy atom. The van der Waals surface area contributed by atoms with Crippen LogP contribution in [0.4, 0.5) is 5.69 Å². The smallest absolute Gasteiger partial charge is 0.0377 e. The summed E-state index contributed by atoms with van der Waals surface area (Å²) in [7, 11) is 0. The molecule has 1 heterocycles. The number of rotatable bonds is 2. The minimum Gasteiger partial charge on any atom is -0.399 e. The molecule has 14 heavy (non-hydrogen) atoms. The molecule has 0 saturated carbocycles. The molecule has 0 bridgehead atoms. The minimum absolute atomic E-state index is 0.849. The molecular weight excluding hydrogens is 278 g/mol. The maximum Gasteiger partial charge on any atom is 0.0377 e. The number of alkyl halides is 1. The molecular formula is C10H10BrNS2. The van der Waals surface area contributed by atoms with E-state index < -0.39 is 0 Å². The van der Waals surface area contributed by atoms with Gasteiger partial charge < -0.3 is 5.73 Å². The number of thiophene rings is 1. The molecule has 0 radical (unpaired) electrons. The van der Waals surface area contributed by atoms with E-state index in [1.165, 1.54) is 20.5 Å². The number of benzene rings is 1. The second-order valence-electron chi connectivity index (χ2n) is 2.99. The van der Waals surface area contributed by atoms with Crippen LogP contribution in [0.5, 0.6) is 0 Å². The zero-order chi connectivity index (χ0) is 10.1.